The zero-order chi connectivity index (χ0) is 18.8. The van der Waals surface area contributed by atoms with Gasteiger partial charge in [0.05, 0.1) is 6.20 Å². The third kappa shape index (κ3) is 3.51. The fraction of sp³-hybridized carbons (Fsp3) is 0.500. The van der Waals surface area contributed by atoms with Gasteiger partial charge in [0.1, 0.15) is 18.0 Å². The molecule has 1 aliphatic carbocycles. The Balaban J connectivity index is 1.60. The first-order valence-electron chi connectivity index (χ1n) is 9.73. The smallest absolute Gasteiger partial charge is 0.350 e. The molecule has 1 aromatic heterocycles. The highest BCUT2D eigenvalue weighted by molar-refractivity contribution is 5.77. The van der Waals surface area contributed by atoms with Gasteiger partial charge >= 0.3 is 5.69 Å². The summed E-state index contributed by atoms with van der Waals surface area (Å²) >= 11 is 0. The van der Waals surface area contributed by atoms with E-state index < -0.39 is 0 Å². The number of hydrogen-bond acceptors (Lipinski definition) is 6. The summed E-state index contributed by atoms with van der Waals surface area (Å²) in [4.78, 5) is 16.9. The van der Waals surface area contributed by atoms with E-state index in [1.54, 1.807) is 10.8 Å². The predicted octanol–water partition coefficient (Wildman–Crippen LogP) is 3.57. The number of anilines is 2. The van der Waals surface area contributed by atoms with Crippen LogP contribution in [0.5, 0.6) is 17.2 Å². The summed E-state index contributed by atoms with van der Waals surface area (Å²) in [5.41, 5.74) is 5.95. The number of aromatic nitrogens is 2. The Bertz CT molecular complexity index is 872. The van der Waals surface area contributed by atoms with Crippen molar-refractivity contribution in [1.82, 2.24) is 9.55 Å². The van der Waals surface area contributed by atoms with Gasteiger partial charge in [0.2, 0.25) is 0 Å². The number of hydrogen-bond donors (Lipinski definition) is 2. The molecule has 0 saturated heterocycles. The summed E-state index contributed by atoms with van der Waals surface area (Å²) in [6.07, 6.45) is 7.36. The molecule has 1 fully saturated rings. The molecule has 1 saturated carbocycles. The topological polar surface area (TPSA) is 91.4 Å². The minimum atomic E-state index is -0.242. The third-order valence-electron chi connectivity index (χ3n) is 5.53. The van der Waals surface area contributed by atoms with Gasteiger partial charge in [0.25, 0.3) is 0 Å². The van der Waals surface area contributed by atoms with Crippen LogP contribution in [0.15, 0.2) is 29.2 Å². The van der Waals surface area contributed by atoms with Crippen LogP contribution in [0.4, 0.5) is 11.5 Å². The summed E-state index contributed by atoms with van der Waals surface area (Å²) in [7, 11) is 0. The molecule has 4 rings (SSSR count). The van der Waals surface area contributed by atoms with E-state index in [0.29, 0.717) is 41.9 Å². The van der Waals surface area contributed by atoms with Gasteiger partial charge in [0.15, 0.2) is 17.3 Å². The van der Waals surface area contributed by atoms with E-state index in [0.717, 1.165) is 31.6 Å². The average molecular weight is 370 g/mol. The molecule has 27 heavy (non-hydrogen) atoms. The molecule has 0 radical (unpaired) electrons. The van der Waals surface area contributed by atoms with Crippen molar-refractivity contribution in [3.63, 3.8) is 0 Å². The summed E-state index contributed by atoms with van der Waals surface area (Å²) in [5.74, 6) is 3.05. The van der Waals surface area contributed by atoms with Crippen LogP contribution in [0.25, 0.3) is 0 Å². The van der Waals surface area contributed by atoms with Crippen molar-refractivity contribution in [2.75, 3.05) is 18.5 Å². The van der Waals surface area contributed by atoms with Crippen molar-refractivity contribution in [2.45, 2.75) is 45.1 Å². The van der Waals surface area contributed by atoms with Gasteiger partial charge in [-0.05, 0) is 43.7 Å². The second kappa shape index (κ2) is 7.60. The minimum Gasteiger partial charge on any atom is -0.490 e. The van der Waals surface area contributed by atoms with Gasteiger partial charge in [-0.1, -0.05) is 19.4 Å². The molecule has 2 heterocycles. The molecule has 0 spiro atoms. The maximum absolute atomic E-state index is 12.6. The molecule has 7 heteroatoms. The van der Waals surface area contributed by atoms with Gasteiger partial charge in [-0.15, -0.1) is 0 Å². The summed E-state index contributed by atoms with van der Waals surface area (Å²) in [5, 5.41) is 3.19. The number of fused-ring (bicyclic) bond motifs is 2. The first kappa shape index (κ1) is 17.9. The van der Waals surface area contributed by atoms with E-state index in [1.165, 1.54) is 6.42 Å². The summed E-state index contributed by atoms with van der Waals surface area (Å²) in [6, 6.07) is 5.76. The van der Waals surface area contributed by atoms with E-state index in [2.05, 4.69) is 17.2 Å². The zero-order valence-electron chi connectivity index (χ0n) is 15.6. The lowest BCUT2D eigenvalue weighted by Crippen LogP contribution is -2.30. The van der Waals surface area contributed by atoms with Gasteiger partial charge in [0, 0.05) is 12.6 Å². The number of nitrogens with zero attached hydrogens (tertiary/aromatic N) is 2. The van der Waals surface area contributed by atoms with Crippen LogP contribution in [0.1, 0.15) is 45.1 Å². The van der Waals surface area contributed by atoms with Crippen molar-refractivity contribution < 1.29 is 9.47 Å². The van der Waals surface area contributed by atoms with E-state index in [-0.39, 0.29) is 11.7 Å². The van der Waals surface area contributed by atoms with Crippen LogP contribution in [0, 0.1) is 5.92 Å². The minimum absolute atomic E-state index is 0.197. The molecule has 2 aromatic rings. The van der Waals surface area contributed by atoms with Crippen LogP contribution < -0.4 is 26.2 Å². The predicted molar refractivity (Wildman–Crippen MR) is 104 cm³/mol. The molecule has 0 amide bonds. The number of benzene rings is 1. The van der Waals surface area contributed by atoms with Crippen LogP contribution in [-0.2, 0) is 0 Å². The molecular weight excluding hydrogens is 344 g/mol. The second-order valence-electron chi connectivity index (χ2n) is 7.22. The van der Waals surface area contributed by atoms with E-state index in [1.807, 2.05) is 18.2 Å². The quantitative estimate of drug-likeness (QED) is 0.713. The Morgan fingerprint density at radius 2 is 2.11 bits per heavy atom. The van der Waals surface area contributed by atoms with Gasteiger partial charge in [-0.2, -0.15) is 4.98 Å². The summed E-state index contributed by atoms with van der Waals surface area (Å²) in [6.45, 7) is 3.06. The number of ether oxygens (including phenoxy) is 2. The normalized spacial score (nSPS) is 20.8. The van der Waals surface area contributed by atoms with Gasteiger partial charge in [-0.25, -0.2) is 4.79 Å². The molecule has 0 bridgehead atoms. The Labute approximate surface area is 158 Å². The van der Waals surface area contributed by atoms with Crippen LogP contribution >= 0.6 is 0 Å². The zero-order valence-corrected chi connectivity index (χ0v) is 15.6. The number of nitrogens with one attached hydrogen (secondary N) is 1. The van der Waals surface area contributed by atoms with E-state index >= 15 is 0 Å². The SMILES string of the molecule is CC[C@H]1CC[C@H](n2cc3c(nc2=O)Nc2c(OCCN)cccc2O3)CC1. The number of rotatable bonds is 5. The molecule has 2 aliphatic rings. The van der Waals surface area contributed by atoms with Crippen molar-refractivity contribution in [3.8, 4) is 17.2 Å². The highest BCUT2D eigenvalue weighted by atomic mass is 16.5. The fourth-order valence-electron chi connectivity index (χ4n) is 3.95. The Morgan fingerprint density at radius 3 is 2.85 bits per heavy atom. The Kier molecular flexibility index (Phi) is 5.03. The van der Waals surface area contributed by atoms with Crippen LogP contribution in [-0.4, -0.2) is 22.7 Å². The Morgan fingerprint density at radius 1 is 1.30 bits per heavy atom. The first-order valence-corrected chi connectivity index (χ1v) is 9.73. The van der Waals surface area contributed by atoms with Crippen LogP contribution in [0.3, 0.4) is 0 Å². The monoisotopic (exact) mass is 370 g/mol. The van der Waals surface area contributed by atoms with Crippen molar-refractivity contribution in [2.24, 2.45) is 11.7 Å². The van der Waals surface area contributed by atoms with E-state index in [4.69, 9.17) is 15.2 Å². The molecule has 144 valence electrons. The standard InChI is InChI=1S/C20H26N4O3/c1-2-13-6-8-14(9-7-13)24-12-17-19(23-20(24)25)22-18-15(26-11-10-21)4-3-5-16(18)27-17/h3-5,12-14H,2,6-11,21H2,1H3,(H,22,23,25)/t13-,14-. The van der Waals surface area contributed by atoms with E-state index in [9.17, 15) is 4.79 Å². The first-order chi connectivity index (χ1) is 13.2. The molecule has 1 aliphatic heterocycles. The number of nitrogens with two attached hydrogens (primary N) is 1. The molecule has 7 nitrogen and oxygen atoms in total. The highest BCUT2D eigenvalue weighted by Crippen LogP contribution is 2.45. The lowest BCUT2D eigenvalue weighted by Gasteiger charge is -2.30. The molecular formula is C20H26N4O3. The van der Waals surface area contributed by atoms with Crippen LogP contribution in [0.2, 0.25) is 0 Å². The molecule has 0 atom stereocenters. The Hall–Kier alpha value is -2.54. The third-order valence-corrected chi connectivity index (χ3v) is 5.53. The average Bonchev–Trinajstić information content (AvgIpc) is 2.70. The van der Waals surface area contributed by atoms with Gasteiger partial charge in [-0.3, -0.25) is 4.57 Å². The van der Waals surface area contributed by atoms with Gasteiger partial charge < -0.3 is 20.5 Å². The van der Waals surface area contributed by atoms with Crippen molar-refractivity contribution in [3.05, 3.63) is 34.9 Å². The number of para-hydroxylation sites is 1. The summed E-state index contributed by atoms with van der Waals surface area (Å²) < 4.78 is 13.4. The maximum atomic E-state index is 12.6. The molecule has 3 N–H and O–H groups in total. The fourth-order valence-corrected chi connectivity index (χ4v) is 3.95. The molecule has 1 aromatic carbocycles. The molecule has 0 unspecified atom stereocenters. The maximum Gasteiger partial charge on any atom is 0.350 e. The largest absolute Gasteiger partial charge is 0.490 e. The van der Waals surface area contributed by atoms with Crippen molar-refractivity contribution >= 4 is 11.5 Å². The highest BCUT2D eigenvalue weighted by Gasteiger charge is 2.26. The van der Waals surface area contributed by atoms with Crippen molar-refractivity contribution in [1.29, 1.82) is 0 Å². The second-order valence-corrected chi connectivity index (χ2v) is 7.22. The lowest BCUT2D eigenvalue weighted by atomic mass is 9.84. The lowest BCUT2D eigenvalue weighted by molar-refractivity contribution is 0.262.